The van der Waals surface area contributed by atoms with Crippen LogP contribution in [0.4, 0.5) is 5.00 Å². The van der Waals surface area contributed by atoms with Crippen molar-refractivity contribution < 1.29 is 4.79 Å². The minimum atomic E-state index is 0.818. The monoisotopic (exact) mass is 202 g/mol. The zero-order chi connectivity index (χ0) is 9.80. The Kier molecular flexibility index (Phi) is 2.60. The van der Waals surface area contributed by atoms with Crippen molar-refractivity contribution in [2.45, 2.75) is 0 Å². The van der Waals surface area contributed by atoms with Crippen molar-refractivity contribution in [3.63, 3.8) is 0 Å². The van der Waals surface area contributed by atoms with Crippen LogP contribution >= 0.6 is 11.3 Å². The van der Waals surface area contributed by atoms with E-state index in [0.717, 1.165) is 15.4 Å². The van der Waals surface area contributed by atoms with Gasteiger partial charge in [-0.15, -0.1) is 11.3 Å². The van der Waals surface area contributed by atoms with Gasteiger partial charge >= 0.3 is 6.41 Å². The van der Waals surface area contributed by atoms with Crippen molar-refractivity contribution in [2.24, 2.45) is 0 Å². The van der Waals surface area contributed by atoms with E-state index in [0.29, 0.717) is 0 Å². The molecule has 0 aliphatic rings. The number of nitrogens with one attached hydrogen (secondary N) is 1. The highest BCUT2D eigenvalue weighted by molar-refractivity contribution is 7.19. The summed E-state index contributed by atoms with van der Waals surface area (Å²) in [6.07, 6.45) is 1.66. The van der Waals surface area contributed by atoms with Crippen molar-refractivity contribution in [1.82, 2.24) is 0 Å². The summed E-state index contributed by atoms with van der Waals surface area (Å²) >= 11 is 1.54. The first-order valence-corrected chi connectivity index (χ1v) is 5.00. The van der Waals surface area contributed by atoms with Crippen LogP contribution in [0.25, 0.3) is 10.4 Å². The van der Waals surface area contributed by atoms with E-state index in [1.807, 2.05) is 42.5 Å². The Hall–Kier alpha value is -1.61. The van der Waals surface area contributed by atoms with Gasteiger partial charge in [0.15, 0.2) is 0 Å². The molecule has 0 bridgehead atoms. The summed E-state index contributed by atoms with van der Waals surface area (Å²) in [5.41, 5.74) is 1.16. The molecule has 0 fully saturated rings. The predicted octanol–water partition coefficient (Wildman–Crippen LogP) is 2.89. The maximum absolute atomic E-state index is 10.1. The van der Waals surface area contributed by atoms with Gasteiger partial charge in [-0.1, -0.05) is 30.3 Å². The Morgan fingerprint density at radius 1 is 1.07 bits per heavy atom. The van der Waals surface area contributed by atoms with Crippen LogP contribution in [0, 0.1) is 0 Å². The zero-order valence-corrected chi connectivity index (χ0v) is 8.17. The molecule has 2 aromatic rings. The molecule has 0 atom stereocenters. The summed E-state index contributed by atoms with van der Waals surface area (Å²) in [7, 11) is 0. The molecule has 14 heavy (non-hydrogen) atoms. The fourth-order valence-corrected chi connectivity index (χ4v) is 2.07. The highest BCUT2D eigenvalue weighted by Gasteiger charge is 2.00. The Morgan fingerprint density at radius 3 is 2.57 bits per heavy atom. The van der Waals surface area contributed by atoms with Crippen LogP contribution in [0.1, 0.15) is 0 Å². The largest absolute Gasteiger partial charge is 0.314 e. The second-order valence-corrected chi connectivity index (χ2v) is 3.84. The summed E-state index contributed by atoms with van der Waals surface area (Å²) in [6, 6.07) is 13.9. The molecule has 0 saturated heterocycles. The SMILES string of the molecule is O=[C]Nc1ccc(-c2ccccc2)s1. The molecule has 1 aromatic heterocycles. The van der Waals surface area contributed by atoms with Crippen molar-refractivity contribution in [3.8, 4) is 10.4 Å². The number of benzene rings is 1. The number of hydrogen-bond acceptors (Lipinski definition) is 2. The Balaban J connectivity index is 2.29. The lowest BCUT2D eigenvalue weighted by molar-refractivity contribution is 0.561. The number of amides is 1. The fraction of sp³-hybridized carbons (Fsp3) is 0. The molecular formula is C11H8NOS. The van der Waals surface area contributed by atoms with Gasteiger partial charge in [0, 0.05) is 4.88 Å². The Bertz CT molecular complexity index is 422. The van der Waals surface area contributed by atoms with Crippen LogP contribution in [-0.2, 0) is 4.79 Å². The minimum absolute atomic E-state index is 0.818. The molecule has 1 heterocycles. The van der Waals surface area contributed by atoms with E-state index in [2.05, 4.69) is 5.32 Å². The lowest BCUT2D eigenvalue weighted by atomic mass is 10.2. The van der Waals surface area contributed by atoms with Gasteiger partial charge in [-0.3, -0.25) is 4.79 Å². The third-order valence-electron chi connectivity index (χ3n) is 1.84. The van der Waals surface area contributed by atoms with Gasteiger partial charge < -0.3 is 5.32 Å². The number of carbonyl (C=O) groups excluding carboxylic acids is 1. The van der Waals surface area contributed by atoms with Crippen molar-refractivity contribution in [1.29, 1.82) is 0 Å². The van der Waals surface area contributed by atoms with E-state index in [9.17, 15) is 4.79 Å². The third-order valence-corrected chi connectivity index (χ3v) is 2.89. The number of thiophene rings is 1. The highest BCUT2D eigenvalue weighted by Crippen LogP contribution is 2.30. The summed E-state index contributed by atoms with van der Waals surface area (Å²) in [4.78, 5) is 11.2. The number of anilines is 1. The molecule has 3 heteroatoms. The van der Waals surface area contributed by atoms with Crippen molar-refractivity contribution in [3.05, 3.63) is 42.5 Å². The molecule has 0 unspecified atom stereocenters. The molecule has 2 rings (SSSR count). The molecule has 0 saturated carbocycles. The Morgan fingerprint density at radius 2 is 1.86 bits per heavy atom. The second-order valence-electron chi connectivity index (χ2n) is 2.76. The molecule has 1 aromatic carbocycles. The quantitative estimate of drug-likeness (QED) is 0.762. The van der Waals surface area contributed by atoms with Crippen molar-refractivity contribution in [2.75, 3.05) is 5.32 Å². The molecule has 1 N–H and O–H groups in total. The van der Waals surface area contributed by atoms with Crippen LogP contribution in [0.2, 0.25) is 0 Å². The second kappa shape index (κ2) is 4.07. The van der Waals surface area contributed by atoms with Crippen LogP contribution in [0.5, 0.6) is 0 Å². The first kappa shape index (κ1) is 8.97. The summed E-state index contributed by atoms with van der Waals surface area (Å²) < 4.78 is 0. The molecule has 1 radical (unpaired) electrons. The van der Waals surface area contributed by atoms with Crippen LogP contribution in [-0.4, -0.2) is 6.41 Å². The van der Waals surface area contributed by atoms with E-state index < -0.39 is 0 Å². The average Bonchev–Trinajstić information content (AvgIpc) is 2.68. The maximum Gasteiger partial charge on any atom is 0.314 e. The Labute approximate surface area is 86.2 Å². The maximum atomic E-state index is 10.1. The molecule has 2 nitrogen and oxygen atoms in total. The minimum Gasteiger partial charge on any atom is -0.309 e. The number of hydrogen-bond donors (Lipinski definition) is 1. The molecular weight excluding hydrogens is 194 g/mol. The van der Waals surface area contributed by atoms with Crippen molar-refractivity contribution >= 4 is 22.7 Å². The first-order chi connectivity index (χ1) is 6.90. The predicted molar refractivity (Wildman–Crippen MR) is 59.1 cm³/mol. The zero-order valence-electron chi connectivity index (χ0n) is 7.36. The standard InChI is InChI=1S/C11H8NOS/c13-8-12-11-7-6-10(14-11)9-4-2-1-3-5-9/h1-7H,(H,12,13). The van der Waals surface area contributed by atoms with Crippen LogP contribution in [0.15, 0.2) is 42.5 Å². The number of rotatable bonds is 3. The normalized spacial score (nSPS) is 9.71. The smallest absolute Gasteiger partial charge is 0.309 e. The molecule has 0 aliphatic carbocycles. The van der Waals surface area contributed by atoms with Gasteiger partial charge in [0.25, 0.3) is 0 Å². The summed E-state index contributed by atoms with van der Waals surface area (Å²) in [6.45, 7) is 0. The summed E-state index contributed by atoms with van der Waals surface area (Å²) in [5, 5.41) is 3.33. The van der Waals surface area contributed by atoms with E-state index in [4.69, 9.17) is 0 Å². The van der Waals surface area contributed by atoms with Gasteiger partial charge in [0.1, 0.15) is 0 Å². The van der Waals surface area contributed by atoms with Crippen LogP contribution < -0.4 is 5.32 Å². The lowest BCUT2D eigenvalue weighted by Crippen LogP contribution is -1.88. The van der Waals surface area contributed by atoms with Gasteiger partial charge in [0.05, 0.1) is 5.00 Å². The van der Waals surface area contributed by atoms with E-state index in [1.165, 1.54) is 11.3 Å². The first-order valence-electron chi connectivity index (χ1n) is 4.18. The van der Waals surface area contributed by atoms with E-state index >= 15 is 0 Å². The van der Waals surface area contributed by atoms with Crippen LogP contribution in [0.3, 0.4) is 0 Å². The van der Waals surface area contributed by atoms with Gasteiger partial charge in [-0.2, -0.15) is 0 Å². The van der Waals surface area contributed by atoms with E-state index in [-0.39, 0.29) is 0 Å². The summed E-state index contributed by atoms with van der Waals surface area (Å²) in [5.74, 6) is 0. The van der Waals surface area contributed by atoms with Gasteiger partial charge in [0.2, 0.25) is 0 Å². The fourth-order valence-electron chi connectivity index (χ4n) is 1.21. The topological polar surface area (TPSA) is 29.1 Å². The molecule has 0 spiro atoms. The van der Waals surface area contributed by atoms with Gasteiger partial charge in [-0.25, -0.2) is 0 Å². The third kappa shape index (κ3) is 1.83. The highest BCUT2D eigenvalue weighted by atomic mass is 32.1. The van der Waals surface area contributed by atoms with E-state index in [1.54, 1.807) is 6.41 Å². The molecule has 1 amide bonds. The molecule has 0 aliphatic heterocycles. The molecule has 69 valence electrons. The van der Waals surface area contributed by atoms with Gasteiger partial charge in [-0.05, 0) is 17.7 Å². The lowest BCUT2D eigenvalue weighted by Gasteiger charge is -1.94. The average molecular weight is 202 g/mol.